The normalized spacial score (nSPS) is 21.5. The maximum Gasteiger partial charge on any atom is 0.259 e. The third-order valence-corrected chi connectivity index (χ3v) is 5.18. The highest BCUT2D eigenvalue weighted by molar-refractivity contribution is 5.95. The van der Waals surface area contributed by atoms with Gasteiger partial charge < -0.3 is 9.42 Å². The summed E-state index contributed by atoms with van der Waals surface area (Å²) in [6.07, 6.45) is 6.26. The molecule has 7 heteroatoms. The first kappa shape index (κ1) is 17.7. The SMILES string of the molecule is Cc1noc(C)c1C(=O)N(C)C[C@@H]1CCCN(C)[C@H]1c1cnn(C)c1. The van der Waals surface area contributed by atoms with E-state index in [1.807, 2.05) is 31.9 Å². The predicted molar refractivity (Wildman–Crippen MR) is 94.2 cm³/mol. The summed E-state index contributed by atoms with van der Waals surface area (Å²) in [7, 11) is 5.96. The van der Waals surface area contributed by atoms with Crippen molar-refractivity contribution in [3.8, 4) is 0 Å². The second-order valence-corrected chi connectivity index (χ2v) is 7.16. The summed E-state index contributed by atoms with van der Waals surface area (Å²) in [5, 5.41) is 8.23. The van der Waals surface area contributed by atoms with Crippen molar-refractivity contribution in [1.29, 1.82) is 0 Å². The molecule has 0 bridgehead atoms. The summed E-state index contributed by atoms with van der Waals surface area (Å²) in [4.78, 5) is 17.0. The molecule has 1 amide bonds. The van der Waals surface area contributed by atoms with Crippen LogP contribution in [0.1, 0.15) is 46.3 Å². The molecule has 7 nitrogen and oxygen atoms in total. The van der Waals surface area contributed by atoms with Gasteiger partial charge in [0.25, 0.3) is 5.91 Å². The van der Waals surface area contributed by atoms with Gasteiger partial charge in [0.1, 0.15) is 11.3 Å². The van der Waals surface area contributed by atoms with Crippen molar-refractivity contribution >= 4 is 5.91 Å². The van der Waals surface area contributed by atoms with Crippen LogP contribution in [0.15, 0.2) is 16.9 Å². The Kier molecular flexibility index (Phi) is 4.94. The number of hydrogen-bond donors (Lipinski definition) is 0. The summed E-state index contributed by atoms with van der Waals surface area (Å²) >= 11 is 0. The van der Waals surface area contributed by atoms with E-state index in [0.29, 0.717) is 29.5 Å². The van der Waals surface area contributed by atoms with Crippen LogP contribution < -0.4 is 0 Å². The van der Waals surface area contributed by atoms with Gasteiger partial charge in [0.2, 0.25) is 0 Å². The molecule has 1 saturated heterocycles. The molecular weight excluding hydrogens is 318 g/mol. The zero-order valence-corrected chi connectivity index (χ0v) is 15.7. The van der Waals surface area contributed by atoms with Gasteiger partial charge in [0.15, 0.2) is 0 Å². The van der Waals surface area contributed by atoms with E-state index in [1.54, 1.807) is 11.8 Å². The summed E-state index contributed by atoms with van der Waals surface area (Å²) in [5.41, 5.74) is 2.46. The first-order valence-corrected chi connectivity index (χ1v) is 8.75. The fraction of sp³-hybridized carbons (Fsp3) is 0.611. The zero-order valence-electron chi connectivity index (χ0n) is 15.7. The van der Waals surface area contributed by atoms with Crippen molar-refractivity contribution in [2.45, 2.75) is 32.7 Å². The largest absolute Gasteiger partial charge is 0.361 e. The van der Waals surface area contributed by atoms with Crippen molar-refractivity contribution in [2.24, 2.45) is 13.0 Å². The van der Waals surface area contributed by atoms with E-state index >= 15 is 0 Å². The first-order chi connectivity index (χ1) is 11.9. The van der Waals surface area contributed by atoms with Crippen LogP contribution >= 0.6 is 0 Å². The molecule has 0 unspecified atom stereocenters. The monoisotopic (exact) mass is 345 g/mol. The van der Waals surface area contributed by atoms with Crippen molar-refractivity contribution in [1.82, 2.24) is 24.7 Å². The van der Waals surface area contributed by atoms with Gasteiger partial charge in [-0.15, -0.1) is 0 Å². The third kappa shape index (κ3) is 3.46. The molecule has 2 atom stereocenters. The van der Waals surface area contributed by atoms with E-state index in [9.17, 15) is 4.79 Å². The zero-order chi connectivity index (χ0) is 18.1. The minimum Gasteiger partial charge on any atom is -0.361 e. The van der Waals surface area contributed by atoms with Crippen LogP contribution in [0.25, 0.3) is 0 Å². The van der Waals surface area contributed by atoms with E-state index in [0.717, 1.165) is 19.4 Å². The molecule has 0 aromatic carbocycles. The number of hydrogen-bond acceptors (Lipinski definition) is 5. The van der Waals surface area contributed by atoms with Crippen LogP contribution in [0, 0.1) is 19.8 Å². The molecule has 0 aliphatic carbocycles. The van der Waals surface area contributed by atoms with Crippen LogP contribution in [0.3, 0.4) is 0 Å². The molecule has 136 valence electrons. The quantitative estimate of drug-likeness (QED) is 0.850. The number of carbonyl (C=O) groups excluding carboxylic acids is 1. The van der Waals surface area contributed by atoms with Gasteiger partial charge in [-0.3, -0.25) is 14.4 Å². The highest BCUT2D eigenvalue weighted by atomic mass is 16.5. The first-order valence-electron chi connectivity index (χ1n) is 8.75. The van der Waals surface area contributed by atoms with Crippen molar-refractivity contribution < 1.29 is 9.32 Å². The van der Waals surface area contributed by atoms with Gasteiger partial charge in [-0.1, -0.05) is 5.16 Å². The number of rotatable bonds is 4. The fourth-order valence-electron chi connectivity index (χ4n) is 3.98. The summed E-state index contributed by atoms with van der Waals surface area (Å²) in [6, 6.07) is 0.280. The number of aryl methyl sites for hydroxylation is 3. The average Bonchev–Trinajstić information content (AvgIpc) is 3.12. The molecule has 25 heavy (non-hydrogen) atoms. The molecule has 0 radical (unpaired) electrons. The lowest BCUT2D eigenvalue weighted by molar-refractivity contribution is 0.0643. The fourth-order valence-corrected chi connectivity index (χ4v) is 3.98. The van der Waals surface area contributed by atoms with Crippen LogP contribution in [0.2, 0.25) is 0 Å². The standard InChI is InChI=1S/C18H27N5O2/c1-12-16(13(2)25-20-12)18(24)22(4)10-14-7-6-8-21(3)17(14)15-9-19-23(5)11-15/h9,11,14,17H,6-8,10H2,1-5H3/t14-,17+/m0/s1. The molecule has 1 aliphatic rings. The van der Waals surface area contributed by atoms with Crippen LogP contribution in [-0.4, -0.2) is 57.8 Å². The van der Waals surface area contributed by atoms with Crippen LogP contribution in [0.5, 0.6) is 0 Å². The minimum absolute atomic E-state index is 0.0191. The Balaban J connectivity index is 1.78. The van der Waals surface area contributed by atoms with E-state index in [2.05, 4.69) is 28.4 Å². The summed E-state index contributed by atoms with van der Waals surface area (Å²) in [5.74, 6) is 0.936. The Hall–Kier alpha value is -2.15. The molecule has 1 fully saturated rings. The Bertz CT molecular complexity index is 731. The lowest BCUT2D eigenvalue weighted by Crippen LogP contribution is -2.42. The number of piperidine rings is 1. The molecule has 3 heterocycles. The Morgan fingerprint density at radius 1 is 1.40 bits per heavy atom. The van der Waals surface area contributed by atoms with Gasteiger partial charge in [-0.05, 0) is 46.2 Å². The van der Waals surface area contributed by atoms with Gasteiger partial charge in [0, 0.05) is 38.4 Å². The number of carbonyl (C=O) groups is 1. The molecular formula is C18H27N5O2. The van der Waals surface area contributed by atoms with Gasteiger partial charge in [-0.2, -0.15) is 5.10 Å². The number of nitrogens with zero attached hydrogens (tertiary/aromatic N) is 5. The highest BCUT2D eigenvalue weighted by Gasteiger charge is 2.33. The van der Waals surface area contributed by atoms with E-state index in [4.69, 9.17) is 4.52 Å². The van der Waals surface area contributed by atoms with E-state index in [1.165, 1.54) is 5.56 Å². The molecule has 3 rings (SSSR count). The molecule has 2 aromatic rings. The lowest BCUT2D eigenvalue weighted by Gasteiger charge is -2.40. The Morgan fingerprint density at radius 3 is 2.76 bits per heavy atom. The average molecular weight is 345 g/mol. The van der Waals surface area contributed by atoms with Crippen molar-refractivity contribution in [3.05, 3.63) is 35.0 Å². The van der Waals surface area contributed by atoms with Crippen LogP contribution in [-0.2, 0) is 7.05 Å². The van der Waals surface area contributed by atoms with Gasteiger partial charge in [-0.25, -0.2) is 0 Å². The lowest BCUT2D eigenvalue weighted by atomic mass is 9.85. The Labute approximate surface area is 148 Å². The minimum atomic E-state index is -0.0191. The second kappa shape index (κ2) is 7.00. The maximum atomic E-state index is 12.8. The van der Waals surface area contributed by atoms with Crippen molar-refractivity contribution in [2.75, 3.05) is 27.2 Å². The molecule has 2 aromatic heterocycles. The van der Waals surface area contributed by atoms with Crippen LogP contribution in [0.4, 0.5) is 0 Å². The van der Waals surface area contributed by atoms with Crippen molar-refractivity contribution in [3.63, 3.8) is 0 Å². The summed E-state index contributed by atoms with van der Waals surface area (Å²) in [6.45, 7) is 5.36. The molecule has 0 spiro atoms. The third-order valence-electron chi connectivity index (χ3n) is 5.18. The van der Waals surface area contributed by atoms with E-state index < -0.39 is 0 Å². The maximum absolute atomic E-state index is 12.8. The summed E-state index contributed by atoms with van der Waals surface area (Å²) < 4.78 is 6.99. The van der Waals surface area contributed by atoms with Gasteiger partial charge in [0.05, 0.1) is 11.9 Å². The number of likely N-dealkylation sites (tertiary alicyclic amines) is 1. The highest BCUT2D eigenvalue weighted by Crippen LogP contribution is 2.35. The Morgan fingerprint density at radius 2 is 2.16 bits per heavy atom. The topological polar surface area (TPSA) is 67.4 Å². The predicted octanol–water partition coefficient (Wildman–Crippen LogP) is 2.18. The molecule has 0 N–H and O–H groups in total. The number of aromatic nitrogens is 3. The molecule has 0 saturated carbocycles. The number of amides is 1. The molecule has 1 aliphatic heterocycles. The van der Waals surface area contributed by atoms with Gasteiger partial charge >= 0.3 is 0 Å². The second-order valence-electron chi connectivity index (χ2n) is 7.16. The van der Waals surface area contributed by atoms with E-state index in [-0.39, 0.29) is 11.9 Å². The smallest absolute Gasteiger partial charge is 0.259 e.